The van der Waals surface area contributed by atoms with E-state index in [-0.39, 0.29) is 24.7 Å². The van der Waals surface area contributed by atoms with E-state index in [1.807, 2.05) is 6.07 Å². The average molecular weight is 400 g/mol. The van der Waals surface area contributed by atoms with Gasteiger partial charge in [-0.15, -0.1) is 0 Å². The van der Waals surface area contributed by atoms with Gasteiger partial charge in [-0.2, -0.15) is 0 Å². The monoisotopic (exact) mass is 400 g/mol. The molecule has 0 fully saturated rings. The first-order valence-electron chi connectivity index (χ1n) is 8.91. The van der Waals surface area contributed by atoms with E-state index in [1.54, 1.807) is 36.9 Å². The maximum atomic E-state index is 12.7. The van der Waals surface area contributed by atoms with E-state index >= 15 is 0 Å². The maximum absolute atomic E-state index is 12.7. The molecule has 4 N–H and O–H groups in total. The molecule has 0 spiro atoms. The van der Waals surface area contributed by atoms with Gasteiger partial charge in [-0.25, -0.2) is 9.59 Å². The Hall–Kier alpha value is -3.62. The first-order valence-corrected chi connectivity index (χ1v) is 8.91. The standard InChI is InChI=1S/C20H24N4O5/c1-4-29-16(25)8-12(2)17-19(26)23-15(20(27)28-3)11-24(17)10-13-6-5-7-14(9-13)18(21)22/h5-9,11,17H,4,10H2,1-3H3,(H3,21,22)(H,23,26)/b12-8+. The van der Waals surface area contributed by atoms with E-state index in [0.717, 1.165) is 5.56 Å². The van der Waals surface area contributed by atoms with Crippen molar-refractivity contribution >= 4 is 23.7 Å². The number of methoxy groups -OCH3 is 1. The van der Waals surface area contributed by atoms with Crippen LogP contribution in [0.5, 0.6) is 0 Å². The van der Waals surface area contributed by atoms with Gasteiger partial charge in [-0.05, 0) is 31.1 Å². The van der Waals surface area contributed by atoms with Gasteiger partial charge in [0, 0.05) is 24.4 Å². The number of nitrogens with one attached hydrogen (secondary N) is 2. The van der Waals surface area contributed by atoms with Crippen LogP contribution in [0.1, 0.15) is 25.0 Å². The number of nitrogens with two attached hydrogens (primary N) is 1. The lowest BCUT2D eigenvalue weighted by atomic mass is 10.0. The lowest BCUT2D eigenvalue weighted by Crippen LogP contribution is -2.50. The van der Waals surface area contributed by atoms with Gasteiger partial charge in [0.1, 0.15) is 17.6 Å². The Morgan fingerprint density at radius 2 is 2.10 bits per heavy atom. The molecule has 154 valence electrons. The summed E-state index contributed by atoms with van der Waals surface area (Å²) in [6.45, 7) is 3.77. The van der Waals surface area contributed by atoms with Crippen LogP contribution in [0.4, 0.5) is 0 Å². The Balaban J connectivity index is 2.42. The van der Waals surface area contributed by atoms with Crippen LogP contribution < -0.4 is 11.1 Å². The number of hydrogen-bond acceptors (Lipinski definition) is 7. The Labute approximate surface area is 168 Å². The lowest BCUT2D eigenvalue weighted by Gasteiger charge is -2.34. The van der Waals surface area contributed by atoms with Crippen molar-refractivity contribution in [1.29, 1.82) is 5.41 Å². The highest BCUT2D eigenvalue weighted by Gasteiger charge is 2.33. The topological polar surface area (TPSA) is 135 Å². The molecule has 1 atom stereocenters. The van der Waals surface area contributed by atoms with E-state index in [0.29, 0.717) is 11.1 Å². The summed E-state index contributed by atoms with van der Waals surface area (Å²) in [5.41, 5.74) is 7.29. The minimum atomic E-state index is -0.839. The van der Waals surface area contributed by atoms with Gasteiger partial charge in [0.05, 0.1) is 13.7 Å². The molecule has 1 amide bonds. The average Bonchev–Trinajstić information content (AvgIpc) is 2.67. The number of benzene rings is 1. The summed E-state index contributed by atoms with van der Waals surface area (Å²) in [6, 6.07) is 6.15. The second-order valence-corrected chi connectivity index (χ2v) is 6.35. The summed E-state index contributed by atoms with van der Waals surface area (Å²) in [6.07, 6.45) is 2.73. The van der Waals surface area contributed by atoms with Crippen molar-refractivity contribution in [3.8, 4) is 0 Å². The molecular weight excluding hydrogens is 376 g/mol. The fourth-order valence-corrected chi connectivity index (χ4v) is 2.94. The second kappa shape index (κ2) is 9.54. The number of ether oxygens (including phenoxy) is 2. The van der Waals surface area contributed by atoms with Crippen molar-refractivity contribution in [2.45, 2.75) is 26.4 Å². The van der Waals surface area contributed by atoms with Crippen molar-refractivity contribution in [3.63, 3.8) is 0 Å². The van der Waals surface area contributed by atoms with Gasteiger partial charge < -0.3 is 25.4 Å². The van der Waals surface area contributed by atoms with Crippen LogP contribution in [0.15, 0.2) is 47.8 Å². The number of esters is 2. The van der Waals surface area contributed by atoms with E-state index in [4.69, 9.17) is 20.6 Å². The zero-order valence-electron chi connectivity index (χ0n) is 16.5. The molecule has 2 rings (SSSR count). The van der Waals surface area contributed by atoms with Crippen LogP contribution in [0.3, 0.4) is 0 Å². The summed E-state index contributed by atoms with van der Waals surface area (Å²) < 4.78 is 9.62. The number of nitrogens with zero attached hydrogens (tertiary/aromatic N) is 1. The summed E-state index contributed by atoms with van der Waals surface area (Å²) in [5.74, 6) is -1.80. The molecule has 29 heavy (non-hydrogen) atoms. The Morgan fingerprint density at radius 1 is 1.38 bits per heavy atom. The smallest absolute Gasteiger partial charge is 0.356 e. The molecule has 0 saturated heterocycles. The molecule has 0 aliphatic carbocycles. The molecule has 1 aromatic rings. The van der Waals surface area contributed by atoms with Crippen LogP contribution in [-0.4, -0.2) is 48.3 Å². The van der Waals surface area contributed by atoms with Gasteiger partial charge in [-0.3, -0.25) is 10.2 Å². The van der Waals surface area contributed by atoms with Gasteiger partial charge in [0.25, 0.3) is 5.91 Å². The van der Waals surface area contributed by atoms with E-state index in [1.165, 1.54) is 19.4 Å². The number of carbonyl (C=O) groups excluding carboxylic acids is 3. The highest BCUT2D eigenvalue weighted by atomic mass is 16.5. The number of nitrogen functional groups attached to an aromatic ring is 1. The largest absolute Gasteiger partial charge is 0.464 e. The number of amidine groups is 1. The molecule has 1 aliphatic rings. The first kappa shape index (κ1) is 21.7. The third-order valence-corrected chi connectivity index (χ3v) is 4.20. The number of carbonyl (C=O) groups is 3. The van der Waals surface area contributed by atoms with Crippen LogP contribution in [-0.2, 0) is 30.4 Å². The van der Waals surface area contributed by atoms with Crippen molar-refractivity contribution in [2.24, 2.45) is 5.73 Å². The fourth-order valence-electron chi connectivity index (χ4n) is 2.94. The summed E-state index contributed by atoms with van der Waals surface area (Å²) in [4.78, 5) is 38.1. The van der Waals surface area contributed by atoms with E-state index in [9.17, 15) is 14.4 Å². The van der Waals surface area contributed by atoms with Crippen LogP contribution in [0, 0.1) is 5.41 Å². The Bertz CT molecular complexity index is 891. The molecular formula is C20H24N4O5. The van der Waals surface area contributed by atoms with Crippen molar-refractivity contribution in [2.75, 3.05) is 13.7 Å². The second-order valence-electron chi connectivity index (χ2n) is 6.35. The number of amides is 1. The zero-order chi connectivity index (χ0) is 21.6. The van der Waals surface area contributed by atoms with Crippen LogP contribution >= 0.6 is 0 Å². The van der Waals surface area contributed by atoms with Gasteiger partial charge in [0.15, 0.2) is 0 Å². The predicted octanol–water partition coefficient (Wildman–Crippen LogP) is 0.795. The van der Waals surface area contributed by atoms with E-state index in [2.05, 4.69) is 5.32 Å². The molecule has 1 unspecified atom stereocenters. The Kier molecular flexibility index (Phi) is 7.13. The number of rotatable bonds is 7. The van der Waals surface area contributed by atoms with E-state index < -0.39 is 23.9 Å². The molecule has 0 saturated carbocycles. The fraction of sp³-hybridized carbons (Fsp3) is 0.300. The summed E-state index contributed by atoms with van der Waals surface area (Å²) >= 11 is 0. The number of hydrogen-bond donors (Lipinski definition) is 3. The molecule has 1 aromatic carbocycles. The first-order chi connectivity index (χ1) is 13.8. The Morgan fingerprint density at radius 3 is 2.72 bits per heavy atom. The lowest BCUT2D eigenvalue weighted by molar-refractivity contribution is -0.139. The van der Waals surface area contributed by atoms with Crippen LogP contribution in [0.2, 0.25) is 0 Å². The van der Waals surface area contributed by atoms with Crippen LogP contribution in [0.25, 0.3) is 0 Å². The quantitative estimate of drug-likeness (QED) is 0.267. The SMILES string of the molecule is CCOC(=O)/C=C(\C)C1C(=O)NC(C(=O)OC)=CN1Cc1cccc(C(=N)N)c1. The predicted molar refractivity (Wildman–Crippen MR) is 105 cm³/mol. The molecule has 0 radical (unpaired) electrons. The highest BCUT2D eigenvalue weighted by Crippen LogP contribution is 2.21. The third-order valence-electron chi connectivity index (χ3n) is 4.20. The van der Waals surface area contributed by atoms with Crippen molar-refractivity contribution in [1.82, 2.24) is 10.2 Å². The molecule has 9 heteroatoms. The van der Waals surface area contributed by atoms with Gasteiger partial charge in [-0.1, -0.05) is 18.2 Å². The minimum absolute atomic E-state index is 0.0135. The maximum Gasteiger partial charge on any atom is 0.356 e. The van der Waals surface area contributed by atoms with Gasteiger partial charge >= 0.3 is 11.9 Å². The van der Waals surface area contributed by atoms with Crippen molar-refractivity contribution < 1.29 is 23.9 Å². The molecule has 1 heterocycles. The summed E-state index contributed by atoms with van der Waals surface area (Å²) in [5, 5.41) is 10.1. The van der Waals surface area contributed by atoms with Gasteiger partial charge in [0.2, 0.25) is 0 Å². The minimum Gasteiger partial charge on any atom is -0.464 e. The molecule has 0 bridgehead atoms. The summed E-state index contributed by atoms with van der Waals surface area (Å²) in [7, 11) is 1.22. The third kappa shape index (κ3) is 5.44. The van der Waals surface area contributed by atoms with Crippen molar-refractivity contribution in [3.05, 3.63) is 58.9 Å². The molecule has 0 aromatic heterocycles. The molecule has 1 aliphatic heterocycles. The zero-order valence-corrected chi connectivity index (χ0v) is 16.5. The highest BCUT2D eigenvalue weighted by molar-refractivity contribution is 5.98. The normalized spacial score (nSPS) is 16.6. The molecule has 9 nitrogen and oxygen atoms in total.